The maximum absolute atomic E-state index is 13.0. The lowest BCUT2D eigenvalue weighted by molar-refractivity contribution is -0.148. The van der Waals surface area contributed by atoms with E-state index in [1.165, 1.54) is 22.2 Å². The van der Waals surface area contributed by atoms with Gasteiger partial charge in [0, 0.05) is 12.2 Å². The summed E-state index contributed by atoms with van der Waals surface area (Å²) in [5.41, 5.74) is -0.293. The summed E-state index contributed by atoms with van der Waals surface area (Å²) in [6.07, 6.45) is -0.00242. The van der Waals surface area contributed by atoms with Gasteiger partial charge in [0.1, 0.15) is 6.04 Å². The molecule has 1 heterocycles. The fourth-order valence-corrected chi connectivity index (χ4v) is 2.88. The lowest BCUT2D eigenvalue weighted by Gasteiger charge is -2.38. The monoisotopic (exact) mass is 368 g/mol. The fourth-order valence-electron chi connectivity index (χ4n) is 2.88. The molecular formula is C18H23F3N4O. The molecule has 2 unspecified atom stereocenters. The first-order valence-corrected chi connectivity index (χ1v) is 8.70. The molecule has 1 aliphatic rings. The molecular weight excluding hydrogens is 345 g/mol. The highest BCUT2D eigenvalue weighted by Gasteiger charge is 2.33. The van der Waals surface area contributed by atoms with Gasteiger partial charge in [0.05, 0.1) is 12.1 Å². The third-order valence-electron chi connectivity index (χ3n) is 4.66. The molecule has 26 heavy (non-hydrogen) atoms. The smallest absolute Gasteiger partial charge is 0.373 e. The Balaban J connectivity index is 2.19. The van der Waals surface area contributed by atoms with E-state index in [1.807, 2.05) is 20.0 Å². The van der Waals surface area contributed by atoms with Gasteiger partial charge in [-0.15, -0.1) is 0 Å². The van der Waals surface area contributed by atoms with Crippen molar-refractivity contribution in [2.75, 3.05) is 18.4 Å². The van der Waals surface area contributed by atoms with E-state index in [2.05, 4.69) is 5.32 Å². The molecule has 0 radical (unpaired) electrons. The lowest BCUT2D eigenvalue weighted by atomic mass is 9.97. The largest absolute Gasteiger partial charge is 0.416 e. The number of hydrazine groups is 1. The fraction of sp³-hybridized carbons (Fsp3) is 0.556. The summed E-state index contributed by atoms with van der Waals surface area (Å²) in [7, 11) is 0. The summed E-state index contributed by atoms with van der Waals surface area (Å²) in [5, 5.41) is 15.1. The molecule has 1 aromatic carbocycles. The maximum Gasteiger partial charge on any atom is 0.416 e. The van der Waals surface area contributed by atoms with Gasteiger partial charge in [-0.25, -0.2) is 10.0 Å². The second-order valence-electron chi connectivity index (χ2n) is 6.47. The Hall–Kier alpha value is -2.43. The van der Waals surface area contributed by atoms with Crippen molar-refractivity contribution in [3.8, 4) is 6.19 Å². The number of nitriles is 1. The highest BCUT2D eigenvalue weighted by molar-refractivity contribution is 5.85. The Morgan fingerprint density at radius 2 is 1.88 bits per heavy atom. The molecule has 0 aromatic heterocycles. The zero-order valence-electron chi connectivity index (χ0n) is 14.9. The SMILES string of the molecule is CCC(C)C(Nc1ccc(C(F)(F)F)cc1)C(=O)N1CCCCN1C#N. The van der Waals surface area contributed by atoms with Crippen molar-refractivity contribution in [1.29, 1.82) is 5.26 Å². The number of nitrogens with zero attached hydrogens (tertiary/aromatic N) is 3. The summed E-state index contributed by atoms with van der Waals surface area (Å²) in [6.45, 7) is 4.81. The van der Waals surface area contributed by atoms with Gasteiger partial charge in [0.15, 0.2) is 6.19 Å². The Bertz CT molecular complexity index is 654. The molecule has 0 saturated carbocycles. The summed E-state index contributed by atoms with van der Waals surface area (Å²) >= 11 is 0. The quantitative estimate of drug-likeness (QED) is 0.802. The van der Waals surface area contributed by atoms with Crippen LogP contribution < -0.4 is 5.32 Å². The molecule has 2 rings (SSSR count). The summed E-state index contributed by atoms with van der Waals surface area (Å²) in [6, 6.07) is 4.00. The van der Waals surface area contributed by atoms with Crippen LogP contribution in [0.25, 0.3) is 0 Å². The number of benzene rings is 1. The zero-order valence-corrected chi connectivity index (χ0v) is 14.9. The Labute approximate surface area is 151 Å². The lowest BCUT2D eigenvalue weighted by Crippen LogP contribution is -2.54. The maximum atomic E-state index is 13.0. The number of halogens is 3. The van der Waals surface area contributed by atoms with Gasteiger partial charge in [-0.05, 0) is 43.0 Å². The van der Waals surface area contributed by atoms with Crippen LogP contribution in [0.4, 0.5) is 18.9 Å². The minimum Gasteiger partial charge on any atom is -0.373 e. The molecule has 1 aromatic rings. The molecule has 0 bridgehead atoms. The van der Waals surface area contributed by atoms with E-state index in [0.717, 1.165) is 25.0 Å². The number of carbonyl (C=O) groups excluding carboxylic acids is 1. The number of rotatable bonds is 5. The predicted octanol–water partition coefficient (Wildman–Crippen LogP) is 3.85. The van der Waals surface area contributed by atoms with E-state index in [4.69, 9.17) is 0 Å². The average Bonchev–Trinajstić information content (AvgIpc) is 2.64. The average molecular weight is 368 g/mol. The predicted molar refractivity (Wildman–Crippen MR) is 91.6 cm³/mol. The van der Waals surface area contributed by atoms with Gasteiger partial charge in [-0.1, -0.05) is 20.3 Å². The van der Waals surface area contributed by atoms with Gasteiger partial charge < -0.3 is 5.32 Å². The molecule has 1 saturated heterocycles. The first kappa shape index (κ1) is 19.9. The van der Waals surface area contributed by atoms with Crippen molar-refractivity contribution in [2.24, 2.45) is 5.92 Å². The van der Waals surface area contributed by atoms with E-state index in [9.17, 15) is 23.2 Å². The number of alkyl halides is 3. The van der Waals surface area contributed by atoms with Crippen molar-refractivity contribution in [2.45, 2.75) is 45.3 Å². The van der Waals surface area contributed by atoms with E-state index in [-0.39, 0.29) is 11.8 Å². The molecule has 8 heteroatoms. The van der Waals surface area contributed by atoms with E-state index < -0.39 is 17.8 Å². The molecule has 0 aliphatic carbocycles. The molecule has 1 aliphatic heterocycles. The highest BCUT2D eigenvalue weighted by atomic mass is 19.4. The second-order valence-corrected chi connectivity index (χ2v) is 6.47. The highest BCUT2D eigenvalue weighted by Crippen LogP contribution is 2.30. The minimum absolute atomic E-state index is 0.0488. The molecule has 5 nitrogen and oxygen atoms in total. The first-order chi connectivity index (χ1) is 12.3. The molecule has 0 spiro atoms. The number of nitrogens with one attached hydrogen (secondary N) is 1. The van der Waals surface area contributed by atoms with Crippen molar-refractivity contribution < 1.29 is 18.0 Å². The van der Waals surface area contributed by atoms with Crippen molar-refractivity contribution in [3.05, 3.63) is 29.8 Å². The van der Waals surface area contributed by atoms with Crippen LogP contribution in [0.2, 0.25) is 0 Å². The van der Waals surface area contributed by atoms with Gasteiger partial charge in [-0.3, -0.25) is 4.79 Å². The van der Waals surface area contributed by atoms with Crippen molar-refractivity contribution >= 4 is 11.6 Å². The van der Waals surface area contributed by atoms with Crippen LogP contribution in [-0.4, -0.2) is 35.1 Å². The third-order valence-corrected chi connectivity index (χ3v) is 4.66. The van der Waals surface area contributed by atoms with Gasteiger partial charge in [0.2, 0.25) is 0 Å². The number of hydrogen-bond acceptors (Lipinski definition) is 4. The normalized spacial score (nSPS) is 17.4. The van der Waals surface area contributed by atoms with Gasteiger partial charge in [-0.2, -0.15) is 18.4 Å². The topological polar surface area (TPSA) is 59.4 Å². The minimum atomic E-state index is -4.40. The van der Waals surface area contributed by atoms with Crippen LogP contribution in [0, 0.1) is 17.4 Å². The number of carbonyl (C=O) groups is 1. The zero-order chi connectivity index (χ0) is 19.3. The summed E-state index contributed by atoms with van der Waals surface area (Å²) in [5.74, 6) is -0.284. The molecule has 1 fully saturated rings. The van der Waals surface area contributed by atoms with Crippen LogP contribution >= 0.6 is 0 Å². The van der Waals surface area contributed by atoms with Crippen LogP contribution in [0.15, 0.2) is 24.3 Å². The molecule has 142 valence electrons. The van der Waals surface area contributed by atoms with E-state index in [1.54, 1.807) is 0 Å². The van der Waals surface area contributed by atoms with E-state index >= 15 is 0 Å². The first-order valence-electron chi connectivity index (χ1n) is 8.70. The van der Waals surface area contributed by atoms with Crippen LogP contribution in [0.5, 0.6) is 0 Å². The molecule has 1 amide bonds. The summed E-state index contributed by atoms with van der Waals surface area (Å²) < 4.78 is 38.1. The Morgan fingerprint density at radius 3 is 2.42 bits per heavy atom. The van der Waals surface area contributed by atoms with E-state index in [0.29, 0.717) is 25.2 Å². The number of anilines is 1. The number of hydrogen-bond donors (Lipinski definition) is 1. The second kappa shape index (κ2) is 8.30. The van der Waals surface area contributed by atoms with Crippen LogP contribution in [0.1, 0.15) is 38.7 Å². The van der Waals surface area contributed by atoms with Crippen LogP contribution in [-0.2, 0) is 11.0 Å². The standard InChI is InChI=1S/C18H23F3N4O/c1-3-13(2)16(17(26)25-11-5-4-10-24(25)12-22)23-15-8-6-14(7-9-15)18(19,20)21/h6-9,13,16,23H,3-5,10-11H2,1-2H3. The number of amides is 1. The van der Waals surface area contributed by atoms with Crippen LogP contribution in [0.3, 0.4) is 0 Å². The van der Waals surface area contributed by atoms with Gasteiger partial charge >= 0.3 is 6.18 Å². The molecule has 2 atom stereocenters. The third kappa shape index (κ3) is 4.59. The van der Waals surface area contributed by atoms with Crippen molar-refractivity contribution in [3.63, 3.8) is 0 Å². The van der Waals surface area contributed by atoms with Crippen molar-refractivity contribution in [1.82, 2.24) is 10.0 Å². The summed E-state index contributed by atoms with van der Waals surface area (Å²) in [4.78, 5) is 13.0. The Morgan fingerprint density at radius 1 is 1.27 bits per heavy atom. The van der Waals surface area contributed by atoms with Gasteiger partial charge in [0.25, 0.3) is 5.91 Å². The Kier molecular flexibility index (Phi) is 6.35. The molecule has 1 N–H and O–H groups in total.